The molecule has 0 radical (unpaired) electrons. The van der Waals surface area contributed by atoms with Gasteiger partial charge in [-0.3, -0.25) is 0 Å². The average Bonchev–Trinajstić information content (AvgIpc) is 2.83. The first-order valence-corrected chi connectivity index (χ1v) is 5.73. The summed E-state index contributed by atoms with van der Waals surface area (Å²) in [7, 11) is 0. The van der Waals surface area contributed by atoms with E-state index in [9.17, 15) is 0 Å². The van der Waals surface area contributed by atoms with Gasteiger partial charge in [0.2, 0.25) is 0 Å². The Balaban J connectivity index is 1.92. The molecule has 0 fully saturated rings. The van der Waals surface area contributed by atoms with Crippen molar-refractivity contribution in [2.24, 2.45) is 5.73 Å². The molecular weight excluding hydrogens is 234 g/mol. The zero-order valence-electron chi connectivity index (χ0n) is 9.67. The van der Waals surface area contributed by atoms with Crippen LogP contribution in [0.25, 0.3) is 0 Å². The van der Waals surface area contributed by atoms with Gasteiger partial charge in [-0.25, -0.2) is 0 Å². The van der Waals surface area contributed by atoms with Gasteiger partial charge in [0.05, 0.1) is 19.3 Å². The summed E-state index contributed by atoms with van der Waals surface area (Å²) in [6.45, 7) is 1.32. The molecule has 3 N–H and O–H groups in total. The fraction of sp³-hybridized carbons (Fsp3) is 0.364. The van der Waals surface area contributed by atoms with Crippen molar-refractivity contribution in [3.05, 3.63) is 29.6 Å². The van der Waals surface area contributed by atoms with Gasteiger partial charge in [0.15, 0.2) is 17.3 Å². The number of hydrogen-bond donors (Lipinski definition) is 2. The van der Waals surface area contributed by atoms with Crippen LogP contribution < -0.4 is 15.2 Å². The molecule has 7 heteroatoms. The summed E-state index contributed by atoms with van der Waals surface area (Å²) in [6.07, 6.45) is 0.876. The van der Waals surface area contributed by atoms with Gasteiger partial charge in [0.25, 0.3) is 0 Å². The zero-order chi connectivity index (χ0) is 12.4. The van der Waals surface area contributed by atoms with Crippen molar-refractivity contribution in [2.45, 2.75) is 12.5 Å². The molecule has 1 aromatic carbocycles. The highest BCUT2D eigenvalue weighted by molar-refractivity contribution is 5.45. The normalized spacial score (nSPS) is 16.1. The van der Waals surface area contributed by atoms with Crippen LogP contribution in [0.15, 0.2) is 18.2 Å². The Labute approximate surface area is 103 Å². The number of aromatic nitrogens is 4. The highest BCUT2D eigenvalue weighted by atomic mass is 16.5. The maximum atomic E-state index is 6.05. The Morgan fingerprint density at radius 2 is 2.06 bits per heavy atom. The van der Waals surface area contributed by atoms with Crippen LogP contribution in [-0.4, -0.2) is 33.8 Å². The van der Waals surface area contributed by atoms with Gasteiger partial charge < -0.3 is 15.2 Å². The third kappa shape index (κ3) is 2.00. The first kappa shape index (κ1) is 11.0. The third-order valence-electron chi connectivity index (χ3n) is 2.77. The largest absolute Gasteiger partial charge is 0.490 e. The van der Waals surface area contributed by atoms with E-state index in [-0.39, 0.29) is 0 Å². The van der Waals surface area contributed by atoms with Crippen LogP contribution in [0, 0.1) is 0 Å². The number of nitrogens with two attached hydrogens (primary N) is 1. The number of fused-ring (bicyclic) bond motifs is 1. The summed E-state index contributed by atoms with van der Waals surface area (Å²) in [5.74, 6) is 1.91. The minimum atomic E-state index is -0.430. The van der Waals surface area contributed by atoms with E-state index in [0.29, 0.717) is 24.8 Å². The molecule has 1 aliphatic heterocycles. The predicted octanol–water partition coefficient (Wildman–Crippen LogP) is 0.409. The standard InChI is InChI=1S/C11H13N5O2/c12-10(11-13-15-16-14-11)7-2-3-8-9(6-7)18-5-1-4-17-8/h2-3,6,10H,1,4-5,12H2,(H,13,14,15,16). The third-order valence-corrected chi connectivity index (χ3v) is 2.77. The molecule has 3 rings (SSSR count). The van der Waals surface area contributed by atoms with E-state index in [1.807, 2.05) is 18.2 Å². The molecule has 94 valence electrons. The molecule has 0 spiro atoms. The molecule has 0 saturated carbocycles. The monoisotopic (exact) mass is 247 g/mol. The van der Waals surface area contributed by atoms with E-state index in [0.717, 1.165) is 17.7 Å². The molecule has 1 atom stereocenters. The topological polar surface area (TPSA) is 98.9 Å². The Morgan fingerprint density at radius 3 is 2.83 bits per heavy atom. The van der Waals surface area contributed by atoms with E-state index in [1.165, 1.54) is 0 Å². The fourth-order valence-corrected chi connectivity index (χ4v) is 1.82. The van der Waals surface area contributed by atoms with Crippen molar-refractivity contribution in [3.63, 3.8) is 0 Å². The molecule has 0 amide bonds. The molecule has 0 saturated heterocycles. The molecule has 18 heavy (non-hydrogen) atoms. The first-order valence-electron chi connectivity index (χ1n) is 5.73. The number of aromatic amines is 1. The van der Waals surface area contributed by atoms with Crippen LogP contribution in [0.5, 0.6) is 11.5 Å². The second-order valence-corrected chi connectivity index (χ2v) is 4.00. The van der Waals surface area contributed by atoms with Gasteiger partial charge in [-0.2, -0.15) is 5.21 Å². The lowest BCUT2D eigenvalue weighted by atomic mass is 10.1. The summed E-state index contributed by atoms with van der Waals surface area (Å²) < 4.78 is 11.2. The summed E-state index contributed by atoms with van der Waals surface area (Å²) in [4.78, 5) is 0. The van der Waals surface area contributed by atoms with Crippen LogP contribution in [-0.2, 0) is 0 Å². The minimum absolute atomic E-state index is 0.430. The highest BCUT2D eigenvalue weighted by Gasteiger charge is 2.17. The Hall–Kier alpha value is -2.15. The Kier molecular flexibility index (Phi) is 2.81. The summed E-state index contributed by atoms with van der Waals surface area (Å²) in [6, 6.07) is 5.17. The molecule has 0 aliphatic carbocycles. The molecule has 1 aromatic heterocycles. The second kappa shape index (κ2) is 4.61. The molecule has 2 heterocycles. The molecule has 2 aromatic rings. The quantitative estimate of drug-likeness (QED) is 0.797. The average molecular weight is 247 g/mol. The fourth-order valence-electron chi connectivity index (χ4n) is 1.82. The molecular formula is C11H13N5O2. The number of rotatable bonds is 2. The van der Waals surface area contributed by atoms with Gasteiger partial charge in [-0.15, -0.1) is 10.2 Å². The SMILES string of the molecule is NC(c1ccc2c(c1)OCCCO2)c1nn[nH]n1. The van der Waals surface area contributed by atoms with Crippen LogP contribution >= 0.6 is 0 Å². The Bertz CT molecular complexity index is 528. The van der Waals surface area contributed by atoms with Crippen molar-refractivity contribution in [1.29, 1.82) is 0 Å². The number of benzene rings is 1. The number of tetrazole rings is 1. The van der Waals surface area contributed by atoms with E-state index in [2.05, 4.69) is 20.6 Å². The maximum Gasteiger partial charge on any atom is 0.195 e. The maximum absolute atomic E-state index is 6.05. The molecule has 1 unspecified atom stereocenters. The summed E-state index contributed by atoms with van der Waals surface area (Å²) in [5.41, 5.74) is 6.91. The van der Waals surface area contributed by atoms with E-state index >= 15 is 0 Å². The lowest BCUT2D eigenvalue weighted by Crippen LogP contribution is -2.14. The number of ether oxygens (including phenoxy) is 2. The minimum Gasteiger partial charge on any atom is -0.490 e. The zero-order valence-corrected chi connectivity index (χ0v) is 9.67. The van der Waals surface area contributed by atoms with Gasteiger partial charge in [-0.1, -0.05) is 11.3 Å². The number of H-pyrrole nitrogens is 1. The van der Waals surface area contributed by atoms with Crippen LogP contribution in [0.4, 0.5) is 0 Å². The van der Waals surface area contributed by atoms with Crippen molar-refractivity contribution in [3.8, 4) is 11.5 Å². The number of nitrogens with zero attached hydrogens (tertiary/aromatic N) is 3. The first-order chi connectivity index (χ1) is 8.84. The number of hydrogen-bond acceptors (Lipinski definition) is 6. The van der Waals surface area contributed by atoms with Crippen LogP contribution in [0.1, 0.15) is 23.9 Å². The lowest BCUT2D eigenvalue weighted by Gasteiger charge is -2.12. The lowest BCUT2D eigenvalue weighted by molar-refractivity contribution is 0.297. The van der Waals surface area contributed by atoms with Gasteiger partial charge in [0, 0.05) is 6.42 Å². The van der Waals surface area contributed by atoms with Crippen molar-refractivity contribution in [2.75, 3.05) is 13.2 Å². The number of nitrogens with one attached hydrogen (secondary N) is 1. The van der Waals surface area contributed by atoms with Crippen molar-refractivity contribution in [1.82, 2.24) is 20.6 Å². The second-order valence-electron chi connectivity index (χ2n) is 4.00. The molecule has 0 bridgehead atoms. The highest BCUT2D eigenvalue weighted by Crippen LogP contribution is 2.32. The predicted molar refractivity (Wildman–Crippen MR) is 62.3 cm³/mol. The van der Waals surface area contributed by atoms with Crippen molar-refractivity contribution < 1.29 is 9.47 Å². The van der Waals surface area contributed by atoms with E-state index < -0.39 is 6.04 Å². The smallest absolute Gasteiger partial charge is 0.195 e. The van der Waals surface area contributed by atoms with Gasteiger partial charge in [-0.05, 0) is 17.7 Å². The summed E-state index contributed by atoms with van der Waals surface area (Å²) >= 11 is 0. The van der Waals surface area contributed by atoms with Crippen molar-refractivity contribution >= 4 is 0 Å². The van der Waals surface area contributed by atoms with Gasteiger partial charge in [0.1, 0.15) is 0 Å². The summed E-state index contributed by atoms with van der Waals surface area (Å²) in [5, 5.41) is 13.6. The van der Waals surface area contributed by atoms with E-state index in [1.54, 1.807) is 0 Å². The van der Waals surface area contributed by atoms with Gasteiger partial charge >= 0.3 is 0 Å². The van der Waals surface area contributed by atoms with Crippen LogP contribution in [0.3, 0.4) is 0 Å². The molecule has 1 aliphatic rings. The Morgan fingerprint density at radius 1 is 1.22 bits per heavy atom. The van der Waals surface area contributed by atoms with Crippen LogP contribution in [0.2, 0.25) is 0 Å². The molecule has 7 nitrogen and oxygen atoms in total. The van der Waals surface area contributed by atoms with E-state index in [4.69, 9.17) is 15.2 Å².